The smallest absolute Gasteiger partial charge is 0.475 e. The number of fused-ring (bicyclic) bond motifs is 2. The fourth-order valence-corrected chi connectivity index (χ4v) is 2.32. The maximum absolute atomic E-state index is 10.6. The van der Waals surface area contributed by atoms with Gasteiger partial charge in [-0.25, -0.2) is 9.59 Å². The Morgan fingerprint density at radius 2 is 1.33 bits per heavy atom. The molecule has 2 aliphatic rings. The summed E-state index contributed by atoms with van der Waals surface area (Å²) in [6.07, 6.45) is -10.2. The zero-order valence-electron chi connectivity index (χ0n) is 14.6. The Balaban J connectivity index is 0.000000416. The second kappa shape index (κ2) is 10.7. The van der Waals surface area contributed by atoms with Crippen LogP contribution >= 0.6 is 0 Å². The summed E-state index contributed by atoms with van der Waals surface area (Å²) in [4.78, 5) is 20.4. The van der Waals surface area contributed by atoms with Gasteiger partial charge in [0.25, 0.3) is 0 Å². The highest BCUT2D eigenvalue weighted by Crippen LogP contribution is 2.18. The van der Waals surface area contributed by atoms with Crippen molar-refractivity contribution in [1.29, 1.82) is 0 Å². The average Bonchev–Trinajstić information content (AvgIpc) is 2.45. The van der Waals surface area contributed by atoms with Crippen LogP contribution in [0.4, 0.5) is 26.3 Å². The minimum absolute atomic E-state index is 0.620. The van der Waals surface area contributed by atoms with Gasteiger partial charge in [-0.15, -0.1) is 0 Å². The van der Waals surface area contributed by atoms with Crippen molar-refractivity contribution in [3.05, 3.63) is 0 Å². The summed E-state index contributed by atoms with van der Waals surface area (Å²) in [7, 11) is 0. The second-order valence-corrected chi connectivity index (χ2v) is 6.20. The van der Waals surface area contributed by atoms with E-state index in [9.17, 15) is 26.3 Å². The number of nitrogens with one attached hydrogen (secondary N) is 1. The number of nitrogens with zero attached hydrogens (tertiary/aromatic N) is 1. The molecule has 7 nitrogen and oxygen atoms in total. The molecule has 2 aliphatic heterocycles. The van der Waals surface area contributed by atoms with E-state index >= 15 is 0 Å². The molecule has 0 aliphatic carbocycles. The highest BCUT2D eigenvalue weighted by molar-refractivity contribution is 5.73. The summed E-state index contributed by atoms with van der Waals surface area (Å²) in [6, 6.07) is 1.24. The molecular formula is C14H22F6N2O5. The molecule has 0 saturated carbocycles. The molecule has 13 heteroatoms. The number of rotatable bonds is 2. The van der Waals surface area contributed by atoms with Crippen LogP contribution in [0.2, 0.25) is 0 Å². The van der Waals surface area contributed by atoms with Gasteiger partial charge in [0, 0.05) is 31.7 Å². The normalized spacial score (nSPS) is 22.9. The number of ether oxygens (including phenoxy) is 1. The number of carboxylic acid groups (broad SMARTS) is 2. The molecule has 160 valence electrons. The molecule has 27 heavy (non-hydrogen) atoms. The number of hydrogen-bond acceptors (Lipinski definition) is 5. The van der Waals surface area contributed by atoms with Crippen LogP contribution in [0, 0.1) is 5.92 Å². The quantitative estimate of drug-likeness (QED) is 0.593. The third-order valence-electron chi connectivity index (χ3n) is 3.38. The van der Waals surface area contributed by atoms with Gasteiger partial charge in [0.2, 0.25) is 0 Å². The molecule has 2 atom stereocenters. The number of hydrogen-bond donors (Lipinski definition) is 3. The van der Waals surface area contributed by atoms with Crippen LogP contribution in [0.5, 0.6) is 0 Å². The molecule has 0 aromatic carbocycles. The van der Waals surface area contributed by atoms with Crippen LogP contribution in [0.3, 0.4) is 0 Å². The molecular weight excluding hydrogens is 390 g/mol. The Morgan fingerprint density at radius 1 is 1.00 bits per heavy atom. The Kier molecular flexibility index (Phi) is 10.0. The fourth-order valence-electron chi connectivity index (χ4n) is 2.32. The number of morpholine rings is 1. The summed E-state index contributed by atoms with van der Waals surface area (Å²) >= 11 is 0. The van der Waals surface area contributed by atoms with Gasteiger partial charge < -0.3 is 20.3 Å². The standard InChI is InChI=1S/C10H20N2O.2C2HF3O2/c1-8(2)5-12-9-3-11-4-10(12)7-13-6-9;2*3-2(4,5)1(6)7/h8-11H,3-7H2,1-2H3;2*(H,6,7). The molecule has 2 unspecified atom stereocenters. The highest BCUT2D eigenvalue weighted by Gasteiger charge is 2.39. The van der Waals surface area contributed by atoms with Gasteiger partial charge in [-0.2, -0.15) is 26.3 Å². The summed E-state index contributed by atoms with van der Waals surface area (Å²) in [5, 5.41) is 17.7. The fraction of sp³-hybridized carbons (Fsp3) is 0.857. The summed E-state index contributed by atoms with van der Waals surface area (Å²) in [5.74, 6) is -4.75. The van der Waals surface area contributed by atoms with Crippen LogP contribution in [0.25, 0.3) is 0 Å². The van der Waals surface area contributed by atoms with E-state index in [0.717, 1.165) is 32.2 Å². The van der Waals surface area contributed by atoms with E-state index in [0.29, 0.717) is 12.1 Å². The Morgan fingerprint density at radius 3 is 1.59 bits per heavy atom. The van der Waals surface area contributed by atoms with E-state index in [-0.39, 0.29) is 0 Å². The maximum atomic E-state index is 10.6. The molecule has 0 spiro atoms. The zero-order valence-corrected chi connectivity index (χ0v) is 14.6. The average molecular weight is 412 g/mol. The van der Waals surface area contributed by atoms with E-state index in [1.807, 2.05) is 0 Å². The molecule has 2 bridgehead atoms. The first-order valence-corrected chi connectivity index (χ1v) is 7.80. The lowest BCUT2D eigenvalue weighted by atomic mass is 10.0. The Bertz CT molecular complexity index is 438. The molecule has 0 radical (unpaired) electrons. The maximum Gasteiger partial charge on any atom is 0.490 e. The molecule has 2 fully saturated rings. The number of piperazine rings is 1. The van der Waals surface area contributed by atoms with Crippen LogP contribution in [-0.2, 0) is 14.3 Å². The van der Waals surface area contributed by atoms with Crippen molar-refractivity contribution < 1.29 is 50.9 Å². The van der Waals surface area contributed by atoms with Gasteiger partial charge >= 0.3 is 24.3 Å². The van der Waals surface area contributed by atoms with Crippen molar-refractivity contribution in [2.24, 2.45) is 5.92 Å². The minimum Gasteiger partial charge on any atom is -0.475 e. The monoisotopic (exact) mass is 412 g/mol. The van der Waals surface area contributed by atoms with E-state index in [1.165, 1.54) is 6.54 Å². The number of carbonyl (C=O) groups is 2. The molecule has 2 rings (SSSR count). The largest absolute Gasteiger partial charge is 0.490 e. The highest BCUT2D eigenvalue weighted by atomic mass is 19.4. The minimum atomic E-state index is -5.08. The third-order valence-corrected chi connectivity index (χ3v) is 3.38. The molecule has 3 N–H and O–H groups in total. The van der Waals surface area contributed by atoms with Crippen LogP contribution < -0.4 is 5.32 Å². The lowest BCUT2D eigenvalue weighted by Gasteiger charge is -2.46. The van der Waals surface area contributed by atoms with Crippen molar-refractivity contribution >= 4 is 11.9 Å². The van der Waals surface area contributed by atoms with Crippen LogP contribution in [-0.4, -0.2) is 84.3 Å². The number of alkyl halides is 6. The van der Waals surface area contributed by atoms with Crippen molar-refractivity contribution in [3.63, 3.8) is 0 Å². The number of carboxylic acids is 2. The molecule has 0 aromatic heterocycles. The van der Waals surface area contributed by atoms with Crippen molar-refractivity contribution in [2.45, 2.75) is 38.3 Å². The van der Waals surface area contributed by atoms with Gasteiger partial charge in [0.15, 0.2) is 0 Å². The van der Waals surface area contributed by atoms with E-state index in [4.69, 9.17) is 24.5 Å². The second-order valence-electron chi connectivity index (χ2n) is 6.20. The lowest BCUT2D eigenvalue weighted by molar-refractivity contribution is -0.193. The zero-order chi connectivity index (χ0) is 21.4. The topological polar surface area (TPSA) is 99.1 Å². The molecule has 2 saturated heterocycles. The molecule has 0 amide bonds. The number of halogens is 6. The summed E-state index contributed by atoms with van der Waals surface area (Å²) < 4.78 is 69.0. The lowest BCUT2D eigenvalue weighted by Crippen LogP contribution is -2.64. The van der Waals surface area contributed by atoms with Gasteiger partial charge in [-0.1, -0.05) is 13.8 Å². The first-order valence-electron chi connectivity index (χ1n) is 7.80. The Labute approximate surface area is 151 Å². The first kappa shape index (κ1) is 25.4. The summed E-state index contributed by atoms with van der Waals surface area (Å²) in [6.45, 7) is 9.83. The SMILES string of the molecule is CC(C)CN1C2CNCC1COC2.O=C(O)C(F)(F)F.O=C(O)C(F)(F)F. The van der Waals surface area contributed by atoms with Gasteiger partial charge in [0.05, 0.1) is 13.2 Å². The van der Waals surface area contributed by atoms with Gasteiger partial charge in [0.1, 0.15) is 0 Å². The van der Waals surface area contributed by atoms with Crippen molar-refractivity contribution in [1.82, 2.24) is 10.2 Å². The van der Waals surface area contributed by atoms with Crippen molar-refractivity contribution in [3.8, 4) is 0 Å². The van der Waals surface area contributed by atoms with Gasteiger partial charge in [-0.3, -0.25) is 4.90 Å². The third kappa shape index (κ3) is 10.3. The van der Waals surface area contributed by atoms with E-state index in [2.05, 4.69) is 24.1 Å². The van der Waals surface area contributed by atoms with Crippen LogP contribution in [0.1, 0.15) is 13.8 Å². The van der Waals surface area contributed by atoms with E-state index < -0.39 is 24.3 Å². The van der Waals surface area contributed by atoms with Crippen molar-refractivity contribution in [2.75, 3.05) is 32.8 Å². The van der Waals surface area contributed by atoms with Crippen LogP contribution in [0.15, 0.2) is 0 Å². The predicted octanol–water partition coefficient (Wildman–Crippen LogP) is 1.58. The summed E-state index contributed by atoms with van der Waals surface area (Å²) in [5.41, 5.74) is 0. The first-order chi connectivity index (χ1) is 12.2. The van der Waals surface area contributed by atoms with E-state index in [1.54, 1.807) is 0 Å². The molecule has 0 aromatic rings. The molecule has 2 heterocycles. The van der Waals surface area contributed by atoms with Gasteiger partial charge in [-0.05, 0) is 5.92 Å². The number of aliphatic carboxylic acids is 2. The Hall–Kier alpha value is -1.60. The predicted molar refractivity (Wildman–Crippen MR) is 80.2 cm³/mol.